The molecule has 1 aliphatic heterocycles. The number of para-hydroxylation sites is 2. The molecule has 0 bridgehead atoms. The van der Waals surface area contributed by atoms with E-state index in [9.17, 15) is 9.59 Å². The minimum Gasteiger partial charge on any atom is -0.382 e. The van der Waals surface area contributed by atoms with Gasteiger partial charge in [-0.05, 0) is 37.1 Å². The Morgan fingerprint density at radius 1 is 1.06 bits per heavy atom. The molecular formula is C23H25N7O2. The highest BCUT2D eigenvalue weighted by molar-refractivity contribution is 6.07. The van der Waals surface area contributed by atoms with Crippen LogP contribution in [0.3, 0.4) is 0 Å². The first-order chi connectivity index (χ1) is 15.4. The molecule has 1 saturated heterocycles. The Balaban J connectivity index is 1.60. The molecule has 0 atom stereocenters. The van der Waals surface area contributed by atoms with Crippen LogP contribution in [0.4, 0.5) is 17.2 Å². The minimum atomic E-state index is -0.552. The molecule has 0 aliphatic carbocycles. The predicted octanol–water partition coefficient (Wildman–Crippen LogP) is 2.00. The second kappa shape index (κ2) is 9.03. The van der Waals surface area contributed by atoms with E-state index >= 15 is 0 Å². The monoisotopic (exact) mass is 431 g/mol. The molecule has 4 rings (SSSR count). The summed E-state index contributed by atoms with van der Waals surface area (Å²) in [6.45, 7) is 1.64. The first-order valence-electron chi connectivity index (χ1n) is 10.4. The molecule has 0 spiro atoms. The number of aromatic nitrogens is 2. The Labute approximate surface area is 185 Å². The van der Waals surface area contributed by atoms with Gasteiger partial charge in [-0.2, -0.15) is 0 Å². The number of rotatable bonds is 5. The zero-order chi connectivity index (χ0) is 22.7. The van der Waals surface area contributed by atoms with Gasteiger partial charge in [0.1, 0.15) is 0 Å². The molecule has 1 aromatic heterocycles. The summed E-state index contributed by atoms with van der Waals surface area (Å²) in [4.78, 5) is 35.3. The average molecular weight is 432 g/mol. The molecule has 2 amide bonds. The van der Waals surface area contributed by atoms with E-state index in [-0.39, 0.29) is 17.6 Å². The Morgan fingerprint density at radius 3 is 2.56 bits per heavy atom. The van der Waals surface area contributed by atoms with Crippen molar-refractivity contribution in [3.63, 3.8) is 0 Å². The molecule has 2 aromatic carbocycles. The zero-order valence-electron chi connectivity index (χ0n) is 17.5. The van der Waals surface area contributed by atoms with Crippen molar-refractivity contribution in [2.24, 2.45) is 11.5 Å². The topological polar surface area (TPSA) is 153 Å². The van der Waals surface area contributed by atoms with Crippen molar-refractivity contribution in [2.45, 2.75) is 18.9 Å². The lowest BCUT2D eigenvalue weighted by Crippen LogP contribution is -2.40. The lowest BCUT2D eigenvalue weighted by atomic mass is 10.0. The Morgan fingerprint density at radius 2 is 1.81 bits per heavy atom. The van der Waals surface area contributed by atoms with Crippen LogP contribution in [0.15, 0.2) is 54.7 Å². The summed E-state index contributed by atoms with van der Waals surface area (Å²) in [5.41, 5.74) is 20.3. The fraction of sp³-hybridized carbons (Fsp3) is 0.217. The van der Waals surface area contributed by atoms with Gasteiger partial charge in [0.2, 0.25) is 5.91 Å². The summed E-state index contributed by atoms with van der Waals surface area (Å²) in [5, 5.41) is 2.92. The van der Waals surface area contributed by atoms with Gasteiger partial charge in [-0.1, -0.05) is 24.3 Å². The molecule has 164 valence electrons. The van der Waals surface area contributed by atoms with E-state index in [4.69, 9.17) is 17.2 Å². The number of primary amides is 1. The van der Waals surface area contributed by atoms with Crippen LogP contribution in [0.1, 0.15) is 33.7 Å². The van der Waals surface area contributed by atoms with Crippen LogP contribution >= 0.6 is 0 Å². The molecular weight excluding hydrogens is 406 g/mol. The van der Waals surface area contributed by atoms with Crippen molar-refractivity contribution in [3.05, 3.63) is 66.0 Å². The third-order valence-corrected chi connectivity index (χ3v) is 5.49. The zero-order valence-corrected chi connectivity index (χ0v) is 17.5. The van der Waals surface area contributed by atoms with E-state index < -0.39 is 11.8 Å². The Hall–Kier alpha value is -3.98. The molecule has 9 heteroatoms. The van der Waals surface area contributed by atoms with Crippen LogP contribution < -0.4 is 27.4 Å². The van der Waals surface area contributed by atoms with Crippen molar-refractivity contribution >= 4 is 29.0 Å². The third kappa shape index (κ3) is 4.52. The molecule has 0 radical (unpaired) electrons. The van der Waals surface area contributed by atoms with Crippen LogP contribution in [0.2, 0.25) is 0 Å². The van der Waals surface area contributed by atoms with Crippen molar-refractivity contribution in [1.29, 1.82) is 0 Å². The largest absolute Gasteiger partial charge is 0.382 e. The van der Waals surface area contributed by atoms with E-state index in [0.29, 0.717) is 22.5 Å². The normalized spacial score (nSPS) is 14.2. The highest BCUT2D eigenvalue weighted by Crippen LogP contribution is 2.29. The number of piperidine rings is 1. The number of carbonyl (C=O) groups excluding carboxylic acids is 2. The Kier molecular flexibility index (Phi) is 6.00. The molecule has 7 N–H and O–H groups in total. The minimum absolute atomic E-state index is 0.00227. The van der Waals surface area contributed by atoms with Crippen molar-refractivity contribution in [1.82, 2.24) is 9.97 Å². The van der Waals surface area contributed by atoms with Gasteiger partial charge < -0.3 is 27.4 Å². The highest BCUT2D eigenvalue weighted by Gasteiger charge is 2.21. The molecule has 1 fully saturated rings. The third-order valence-electron chi connectivity index (χ3n) is 5.49. The fourth-order valence-electron chi connectivity index (χ4n) is 3.71. The highest BCUT2D eigenvalue weighted by atomic mass is 16.2. The van der Waals surface area contributed by atoms with E-state index in [0.717, 1.165) is 31.6 Å². The molecule has 0 unspecified atom stereocenters. The van der Waals surface area contributed by atoms with Crippen molar-refractivity contribution in [3.8, 4) is 11.3 Å². The molecule has 9 nitrogen and oxygen atoms in total. The molecule has 32 heavy (non-hydrogen) atoms. The van der Waals surface area contributed by atoms with E-state index in [1.807, 2.05) is 24.3 Å². The fourth-order valence-corrected chi connectivity index (χ4v) is 3.71. The standard InChI is InChI=1S/C23H25N7O2/c24-16-8-10-30(11-9-16)19-7-2-1-6-17(19)29-23(32)20-21(25)27-13-18(28-20)14-4-3-5-15(12-14)22(26)31/h1-7,12-13,16H,8-11,24H2,(H2,25,27)(H2,26,31)(H,29,32). The number of nitrogens with zero attached hydrogens (tertiary/aromatic N) is 3. The van der Waals surface area contributed by atoms with E-state index in [2.05, 4.69) is 20.2 Å². The van der Waals surface area contributed by atoms with Gasteiger partial charge in [0, 0.05) is 30.3 Å². The molecule has 1 aliphatic rings. The van der Waals surface area contributed by atoms with Crippen LogP contribution in [0, 0.1) is 0 Å². The maximum absolute atomic E-state index is 13.1. The summed E-state index contributed by atoms with van der Waals surface area (Å²) in [5.74, 6) is -1.01. The lowest BCUT2D eigenvalue weighted by molar-refractivity contribution is 0.0997. The SMILES string of the molecule is NC(=O)c1cccc(-c2cnc(N)c(C(=O)Nc3ccccc3N3CCC(N)CC3)n2)c1. The van der Waals surface area contributed by atoms with Gasteiger partial charge in [-0.3, -0.25) is 9.59 Å². The van der Waals surface area contributed by atoms with Crippen molar-refractivity contribution in [2.75, 3.05) is 29.0 Å². The van der Waals surface area contributed by atoms with Gasteiger partial charge >= 0.3 is 0 Å². The number of carbonyl (C=O) groups is 2. The van der Waals surface area contributed by atoms with Gasteiger partial charge in [-0.15, -0.1) is 0 Å². The van der Waals surface area contributed by atoms with E-state index in [1.165, 1.54) is 6.20 Å². The quantitative estimate of drug-likeness (QED) is 0.482. The first-order valence-corrected chi connectivity index (χ1v) is 10.4. The second-order valence-electron chi connectivity index (χ2n) is 7.73. The summed E-state index contributed by atoms with van der Waals surface area (Å²) >= 11 is 0. The van der Waals surface area contributed by atoms with Gasteiger partial charge in [-0.25, -0.2) is 9.97 Å². The lowest BCUT2D eigenvalue weighted by Gasteiger charge is -2.33. The number of nitrogen functional groups attached to an aromatic ring is 1. The number of benzene rings is 2. The number of hydrogen-bond donors (Lipinski definition) is 4. The summed E-state index contributed by atoms with van der Waals surface area (Å²) in [6, 6.07) is 14.4. The summed E-state index contributed by atoms with van der Waals surface area (Å²) < 4.78 is 0. The summed E-state index contributed by atoms with van der Waals surface area (Å²) in [7, 11) is 0. The predicted molar refractivity (Wildman–Crippen MR) is 124 cm³/mol. The Bertz CT molecular complexity index is 1160. The average Bonchev–Trinajstić information content (AvgIpc) is 2.80. The maximum Gasteiger partial charge on any atom is 0.278 e. The maximum atomic E-state index is 13.1. The van der Waals surface area contributed by atoms with Gasteiger partial charge in [0.25, 0.3) is 5.91 Å². The molecule has 3 aromatic rings. The van der Waals surface area contributed by atoms with Crippen LogP contribution in [0.25, 0.3) is 11.3 Å². The summed E-state index contributed by atoms with van der Waals surface area (Å²) in [6.07, 6.45) is 3.25. The van der Waals surface area contributed by atoms with Gasteiger partial charge in [0.15, 0.2) is 11.5 Å². The number of amides is 2. The number of hydrogen-bond acceptors (Lipinski definition) is 7. The van der Waals surface area contributed by atoms with E-state index in [1.54, 1.807) is 24.3 Å². The smallest absolute Gasteiger partial charge is 0.278 e. The van der Waals surface area contributed by atoms with Gasteiger partial charge in [0.05, 0.1) is 23.3 Å². The van der Waals surface area contributed by atoms with Crippen LogP contribution in [-0.4, -0.2) is 40.9 Å². The van der Waals surface area contributed by atoms with Crippen molar-refractivity contribution < 1.29 is 9.59 Å². The molecule has 2 heterocycles. The number of nitrogens with one attached hydrogen (secondary N) is 1. The number of anilines is 3. The van der Waals surface area contributed by atoms with Crippen LogP contribution in [0.5, 0.6) is 0 Å². The number of nitrogens with two attached hydrogens (primary N) is 3. The second-order valence-corrected chi connectivity index (χ2v) is 7.73. The van der Waals surface area contributed by atoms with Crippen LogP contribution in [-0.2, 0) is 0 Å². The first kappa shape index (κ1) is 21.3. The molecule has 0 saturated carbocycles.